The molecule has 2 N–H and O–H groups in total. The summed E-state index contributed by atoms with van der Waals surface area (Å²) >= 11 is 0. The first-order valence-corrected chi connectivity index (χ1v) is 13.7. The molecule has 0 radical (unpaired) electrons. The molecular formula is C27H40N6O4. The first kappa shape index (κ1) is 25.9. The summed E-state index contributed by atoms with van der Waals surface area (Å²) < 4.78 is 2.95. The highest BCUT2D eigenvalue weighted by Crippen LogP contribution is 2.36. The number of nitrogens with zero attached hydrogens (tertiary/aromatic N) is 5. The van der Waals surface area contributed by atoms with Crippen molar-refractivity contribution in [2.45, 2.75) is 76.7 Å². The molecule has 202 valence electrons. The van der Waals surface area contributed by atoms with Crippen molar-refractivity contribution < 1.29 is 14.7 Å². The summed E-state index contributed by atoms with van der Waals surface area (Å²) in [6.07, 6.45) is 3.33. The number of fused-ring (bicyclic) bond motifs is 3. The van der Waals surface area contributed by atoms with Crippen LogP contribution in [0.4, 0.5) is 4.79 Å². The largest absolute Gasteiger partial charge is 0.390 e. The number of aromatic nitrogens is 2. The lowest BCUT2D eigenvalue weighted by atomic mass is 9.97. The molecular weight excluding hydrogens is 472 g/mol. The average Bonchev–Trinajstić information content (AvgIpc) is 3.27. The van der Waals surface area contributed by atoms with Crippen LogP contribution in [0.3, 0.4) is 0 Å². The van der Waals surface area contributed by atoms with Gasteiger partial charge in [-0.05, 0) is 51.7 Å². The van der Waals surface area contributed by atoms with E-state index >= 15 is 0 Å². The maximum atomic E-state index is 13.3. The molecule has 3 aliphatic heterocycles. The third-order valence-electron chi connectivity index (χ3n) is 8.42. The number of nitrogens with one attached hydrogen (secondary N) is 1. The lowest BCUT2D eigenvalue weighted by Gasteiger charge is -2.41. The van der Waals surface area contributed by atoms with Gasteiger partial charge in [0.2, 0.25) is 5.91 Å². The Labute approximate surface area is 217 Å². The predicted molar refractivity (Wildman–Crippen MR) is 142 cm³/mol. The molecule has 4 atom stereocenters. The van der Waals surface area contributed by atoms with Gasteiger partial charge in [0.25, 0.3) is 0 Å². The Morgan fingerprint density at radius 2 is 1.62 bits per heavy atom. The van der Waals surface area contributed by atoms with Crippen LogP contribution in [-0.4, -0.2) is 104 Å². The maximum absolute atomic E-state index is 13.3. The van der Waals surface area contributed by atoms with Crippen LogP contribution in [0, 0.1) is 0 Å². The quantitative estimate of drug-likeness (QED) is 0.608. The molecule has 2 unspecified atom stereocenters. The van der Waals surface area contributed by atoms with E-state index in [-0.39, 0.29) is 29.7 Å². The third kappa shape index (κ3) is 5.19. The van der Waals surface area contributed by atoms with Crippen LogP contribution in [0.25, 0.3) is 11.0 Å². The monoisotopic (exact) mass is 512 g/mol. The number of hydrogen-bond donors (Lipinski definition) is 2. The highest BCUT2D eigenvalue weighted by Gasteiger charge is 2.42. The molecule has 10 nitrogen and oxygen atoms in total. The zero-order valence-electron chi connectivity index (χ0n) is 22.2. The fraction of sp³-hybridized carbons (Fsp3) is 0.667. The zero-order valence-corrected chi connectivity index (χ0v) is 22.2. The van der Waals surface area contributed by atoms with Gasteiger partial charge in [-0.25, -0.2) is 14.2 Å². The average molecular weight is 513 g/mol. The molecule has 2 amide bonds. The number of imidazole rings is 1. The number of carbonyl (C=O) groups is 2. The predicted octanol–water partition coefficient (Wildman–Crippen LogP) is 1.46. The van der Waals surface area contributed by atoms with E-state index in [9.17, 15) is 19.5 Å². The van der Waals surface area contributed by atoms with Gasteiger partial charge in [0, 0.05) is 70.4 Å². The summed E-state index contributed by atoms with van der Waals surface area (Å²) in [5.74, 6) is 0.113. The molecule has 5 rings (SSSR count). The maximum Gasteiger partial charge on any atom is 0.337 e. The Balaban J connectivity index is 1.19. The van der Waals surface area contributed by atoms with Crippen LogP contribution in [-0.2, 0) is 4.79 Å². The van der Waals surface area contributed by atoms with Crippen molar-refractivity contribution in [2.24, 2.45) is 0 Å². The van der Waals surface area contributed by atoms with E-state index in [1.165, 1.54) is 4.57 Å². The Morgan fingerprint density at radius 3 is 2.22 bits per heavy atom. The molecule has 3 fully saturated rings. The molecule has 2 bridgehead atoms. The Morgan fingerprint density at radius 1 is 1.00 bits per heavy atom. The van der Waals surface area contributed by atoms with Gasteiger partial charge in [-0.3, -0.25) is 19.2 Å². The number of amides is 2. The molecule has 0 saturated carbocycles. The second kappa shape index (κ2) is 10.6. The van der Waals surface area contributed by atoms with Crippen LogP contribution >= 0.6 is 0 Å². The molecule has 0 aliphatic carbocycles. The van der Waals surface area contributed by atoms with E-state index in [1.54, 1.807) is 11.5 Å². The molecule has 0 spiro atoms. The number of para-hydroxylation sites is 2. The third-order valence-corrected chi connectivity index (χ3v) is 8.42. The van der Waals surface area contributed by atoms with Crippen LogP contribution in [0.1, 0.15) is 52.5 Å². The van der Waals surface area contributed by atoms with Gasteiger partial charge >= 0.3 is 11.7 Å². The molecule has 3 aliphatic rings. The lowest BCUT2D eigenvalue weighted by molar-refractivity contribution is -0.130. The van der Waals surface area contributed by atoms with Crippen molar-refractivity contribution in [3.8, 4) is 0 Å². The Hall–Kier alpha value is -2.69. The van der Waals surface area contributed by atoms with Crippen LogP contribution in [0.5, 0.6) is 0 Å². The number of piperidine rings is 1. The molecule has 2 aromatic rings. The van der Waals surface area contributed by atoms with Crippen molar-refractivity contribution in [2.75, 3.05) is 39.3 Å². The fourth-order valence-electron chi connectivity index (χ4n) is 6.64. The highest BCUT2D eigenvalue weighted by molar-refractivity contribution is 5.89. The molecule has 3 saturated heterocycles. The summed E-state index contributed by atoms with van der Waals surface area (Å²) in [5, 5.41) is 14.0. The van der Waals surface area contributed by atoms with E-state index < -0.39 is 6.10 Å². The minimum Gasteiger partial charge on any atom is -0.390 e. The van der Waals surface area contributed by atoms with Gasteiger partial charge in [-0.15, -0.1) is 0 Å². The van der Waals surface area contributed by atoms with Crippen molar-refractivity contribution >= 4 is 23.0 Å². The van der Waals surface area contributed by atoms with Gasteiger partial charge in [-0.2, -0.15) is 0 Å². The van der Waals surface area contributed by atoms with E-state index in [4.69, 9.17) is 0 Å². The highest BCUT2D eigenvalue weighted by atomic mass is 16.3. The normalized spacial score (nSPS) is 25.6. The summed E-state index contributed by atoms with van der Waals surface area (Å²) in [7, 11) is 0. The van der Waals surface area contributed by atoms with Gasteiger partial charge in [0.05, 0.1) is 17.1 Å². The van der Waals surface area contributed by atoms with Gasteiger partial charge in [0.1, 0.15) is 0 Å². The number of benzene rings is 1. The summed E-state index contributed by atoms with van der Waals surface area (Å²) in [6.45, 7) is 9.78. The Bertz CT molecular complexity index is 1180. The number of β-amino-alcohol motifs (C(OH)–C–C–N with tert-alkyl or cyclic N) is 1. The van der Waals surface area contributed by atoms with Crippen molar-refractivity contribution in [3.05, 3.63) is 34.7 Å². The van der Waals surface area contributed by atoms with E-state index in [2.05, 4.69) is 15.1 Å². The summed E-state index contributed by atoms with van der Waals surface area (Å²) in [5.41, 5.74) is 1.09. The van der Waals surface area contributed by atoms with E-state index in [0.29, 0.717) is 30.7 Å². The summed E-state index contributed by atoms with van der Waals surface area (Å²) in [6, 6.07) is 7.69. The molecule has 37 heavy (non-hydrogen) atoms. The standard InChI is InChI=1S/C27H40N6O4/c1-18(2)32-24-6-4-5-7-25(24)33(27(32)37)26(36)28-20-14-21-8-9-22(15-20)31(21)17-23(35)16-29-10-12-30(13-11-29)19(3)34/h4-7,18,20-23,35H,8-17H2,1-3H3,(H,28,36)/t20?,21-,22+,23?. The second-order valence-corrected chi connectivity index (χ2v) is 11.2. The fourth-order valence-corrected chi connectivity index (χ4v) is 6.64. The van der Waals surface area contributed by atoms with Crippen molar-refractivity contribution in [1.29, 1.82) is 0 Å². The first-order valence-electron chi connectivity index (χ1n) is 13.7. The zero-order chi connectivity index (χ0) is 26.3. The van der Waals surface area contributed by atoms with Gasteiger partial charge in [0.15, 0.2) is 0 Å². The van der Waals surface area contributed by atoms with Gasteiger partial charge in [-0.1, -0.05) is 12.1 Å². The minimum absolute atomic E-state index is 0.00566. The number of aliphatic hydroxyl groups is 1. The topological polar surface area (TPSA) is 103 Å². The number of hydrogen-bond acceptors (Lipinski definition) is 6. The second-order valence-electron chi connectivity index (χ2n) is 11.2. The van der Waals surface area contributed by atoms with E-state index in [1.807, 2.05) is 43.0 Å². The van der Waals surface area contributed by atoms with E-state index in [0.717, 1.165) is 57.4 Å². The van der Waals surface area contributed by atoms with Crippen molar-refractivity contribution in [3.63, 3.8) is 0 Å². The number of carbonyl (C=O) groups excluding carboxylic acids is 2. The Kier molecular flexibility index (Phi) is 7.42. The van der Waals surface area contributed by atoms with Crippen LogP contribution in [0.15, 0.2) is 29.1 Å². The molecule has 1 aromatic heterocycles. The lowest BCUT2D eigenvalue weighted by Crippen LogP contribution is -2.55. The summed E-state index contributed by atoms with van der Waals surface area (Å²) in [4.78, 5) is 44.5. The SMILES string of the molecule is CC(=O)N1CCN(CC(O)CN2[C@@H]3CC[C@H]2CC(NC(=O)n2c(=O)n(C(C)C)c4ccccc42)C3)CC1. The molecule has 1 aromatic carbocycles. The van der Waals surface area contributed by atoms with Crippen LogP contribution in [0.2, 0.25) is 0 Å². The molecule has 10 heteroatoms. The number of rotatable bonds is 6. The minimum atomic E-state index is -0.446. The van der Waals surface area contributed by atoms with Crippen molar-refractivity contribution in [1.82, 2.24) is 29.2 Å². The van der Waals surface area contributed by atoms with Crippen LogP contribution < -0.4 is 11.0 Å². The molecule has 4 heterocycles. The first-order chi connectivity index (χ1) is 17.7. The number of aliphatic hydroxyl groups excluding tert-OH is 1. The number of piperazine rings is 1. The van der Waals surface area contributed by atoms with Gasteiger partial charge < -0.3 is 15.3 Å². The smallest absolute Gasteiger partial charge is 0.337 e.